The van der Waals surface area contributed by atoms with Gasteiger partial charge in [0.25, 0.3) is 0 Å². The van der Waals surface area contributed by atoms with Crippen molar-refractivity contribution in [2.24, 2.45) is 5.92 Å². The van der Waals surface area contributed by atoms with Gasteiger partial charge in [0, 0.05) is 19.1 Å². The Morgan fingerprint density at radius 1 is 1.00 bits per heavy atom. The second kappa shape index (κ2) is 6.42. The molecule has 1 aliphatic rings. The van der Waals surface area contributed by atoms with Crippen molar-refractivity contribution in [1.82, 2.24) is 4.90 Å². The molecule has 0 saturated carbocycles. The van der Waals surface area contributed by atoms with Crippen molar-refractivity contribution in [3.63, 3.8) is 0 Å². The van der Waals surface area contributed by atoms with E-state index >= 15 is 0 Å². The molecule has 2 heteroatoms. The van der Waals surface area contributed by atoms with Crippen LogP contribution in [0.1, 0.15) is 30.5 Å². The summed E-state index contributed by atoms with van der Waals surface area (Å²) in [5.41, 5.74) is 2.64. The van der Waals surface area contributed by atoms with Gasteiger partial charge in [-0.2, -0.15) is 0 Å². The van der Waals surface area contributed by atoms with E-state index < -0.39 is 0 Å². The number of benzene rings is 2. The highest BCUT2D eigenvalue weighted by molar-refractivity contribution is 5.21. The van der Waals surface area contributed by atoms with Gasteiger partial charge in [-0.05, 0) is 23.5 Å². The number of nitrogens with zero attached hydrogens (tertiary/aromatic N) is 1. The van der Waals surface area contributed by atoms with Gasteiger partial charge in [0.15, 0.2) is 0 Å². The van der Waals surface area contributed by atoms with Crippen molar-refractivity contribution in [3.05, 3.63) is 71.8 Å². The predicted molar refractivity (Wildman–Crippen MR) is 85.8 cm³/mol. The van der Waals surface area contributed by atoms with E-state index in [1.807, 2.05) is 6.07 Å². The van der Waals surface area contributed by atoms with Crippen LogP contribution in [-0.2, 0) is 6.54 Å². The monoisotopic (exact) mass is 281 g/mol. The van der Waals surface area contributed by atoms with Crippen molar-refractivity contribution in [3.8, 4) is 0 Å². The third-order valence-electron chi connectivity index (χ3n) is 4.50. The number of hydrogen-bond donors (Lipinski definition) is 1. The van der Waals surface area contributed by atoms with Crippen molar-refractivity contribution in [1.29, 1.82) is 0 Å². The Labute approximate surface area is 127 Å². The summed E-state index contributed by atoms with van der Waals surface area (Å²) in [6.45, 7) is 4.02. The van der Waals surface area contributed by atoms with Crippen LogP contribution in [0.15, 0.2) is 60.7 Å². The fourth-order valence-corrected chi connectivity index (χ4v) is 3.24. The van der Waals surface area contributed by atoms with Gasteiger partial charge >= 0.3 is 0 Å². The summed E-state index contributed by atoms with van der Waals surface area (Å²) in [5, 5.41) is 10.3. The minimum Gasteiger partial charge on any atom is -0.393 e. The van der Waals surface area contributed by atoms with Gasteiger partial charge in [-0.3, -0.25) is 4.90 Å². The SMILES string of the molecule is C[C@H]1CN(Cc2ccccc2)[C@H](c2ccccc2)CC1O. The summed E-state index contributed by atoms with van der Waals surface area (Å²) in [6.07, 6.45) is 0.611. The van der Waals surface area contributed by atoms with E-state index in [-0.39, 0.29) is 6.10 Å². The van der Waals surface area contributed by atoms with E-state index in [0.29, 0.717) is 12.0 Å². The Bertz CT molecular complexity index is 554. The zero-order valence-corrected chi connectivity index (χ0v) is 12.5. The van der Waals surface area contributed by atoms with Crippen LogP contribution in [0.3, 0.4) is 0 Å². The number of aliphatic hydroxyl groups excluding tert-OH is 1. The Balaban J connectivity index is 1.83. The third-order valence-corrected chi connectivity index (χ3v) is 4.50. The molecule has 1 heterocycles. The van der Waals surface area contributed by atoms with Crippen molar-refractivity contribution < 1.29 is 5.11 Å². The van der Waals surface area contributed by atoms with E-state index in [1.165, 1.54) is 11.1 Å². The van der Waals surface area contributed by atoms with Crippen molar-refractivity contribution >= 4 is 0 Å². The molecule has 0 spiro atoms. The van der Waals surface area contributed by atoms with Gasteiger partial charge < -0.3 is 5.11 Å². The van der Waals surface area contributed by atoms with Crippen molar-refractivity contribution in [2.75, 3.05) is 6.54 Å². The summed E-state index contributed by atoms with van der Waals surface area (Å²) in [4.78, 5) is 2.50. The van der Waals surface area contributed by atoms with Gasteiger partial charge in [0.2, 0.25) is 0 Å². The summed E-state index contributed by atoms with van der Waals surface area (Å²) in [5.74, 6) is 0.327. The predicted octanol–water partition coefficient (Wildman–Crippen LogP) is 3.63. The van der Waals surface area contributed by atoms with Gasteiger partial charge in [-0.25, -0.2) is 0 Å². The molecule has 0 aliphatic carbocycles. The Kier molecular flexibility index (Phi) is 4.37. The third kappa shape index (κ3) is 3.34. The molecule has 21 heavy (non-hydrogen) atoms. The molecular formula is C19H23NO. The first kappa shape index (κ1) is 14.3. The van der Waals surface area contributed by atoms with Crippen LogP contribution in [0.25, 0.3) is 0 Å². The molecule has 0 radical (unpaired) electrons. The lowest BCUT2D eigenvalue weighted by Crippen LogP contribution is -2.43. The maximum atomic E-state index is 10.3. The Morgan fingerprint density at radius 2 is 1.62 bits per heavy atom. The molecule has 1 aliphatic heterocycles. The maximum Gasteiger partial charge on any atom is 0.0596 e. The van der Waals surface area contributed by atoms with Crippen LogP contribution < -0.4 is 0 Å². The molecule has 0 aromatic heterocycles. The topological polar surface area (TPSA) is 23.5 Å². The highest BCUT2D eigenvalue weighted by Gasteiger charge is 2.32. The van der Waals surface area contributed by atoms with Gasteiger partial charge in [0.05, 0.1) is 6.10 Å². The molecule has 1 N–H and O–H groups in total. The molecule has 1 saturated heterocycles. The molecule has 2 aromatic carbocycles. The van der Waals surface area contributed by atoms with Crippen LogP contribution in [0.4, 0.5) is 0 Å². The van der Waals surface area contributed by atoms with E-state index in [4.69, 9.17) is 0 Å². The lowest BCUT2D eigenvalue weighted by Gasteiger charge is -2.41. The highest BCUT2D eigenvalue weighted by Crippen LogP contribution is 2.34. The number of aliphatic hydroxyl groups is 1. The zero-order valence-electron chi connectivity index (χ0n) is 12.5. The van der Waals surface area contributed by atoms with E-state index in [1.54, 1.807) is 0 Å². The molecule has 1 fully saturated rings. The number of likely N-dealkylation sites (tertiary alicyclic amines) is 1. The first-order valence-electron chi connectivity index (χ1n) is 7.75. The molecule has 1 unspecified atom stereocenters. The molecule has 0 bridgehead atoms. The smallest absolute Gasteiger partial charge is 0.0596 e. The molecule has 2 aromatic rings. The van der Waals surface area contributed by atoms with Crippen LogP contribution in [0.5, 0.6) is 0 Å². The number of rotatable bonds is 3. The maximum absolute atomic E-state index is 10.3. The first-order chi connectivity index (χ1) is 10.2. The van der Waals surface area contributed by atoms with E-state index in [2.05, 4.69) is 66.4 Å². The molecule has 0 amide bonds. The van der Waals surface area contributed by atoms with E-state index in [0.717, 1.165) is 19.5 Å². The lowest BCUT2D eigenvalue weighted by atomic mass is 9.87. The molecule has 2 nitrogen and oxygen atoms in total. The highest BCUT2D eigenvalue weighted by atomic mass is 16.3. The Hall–Kier alpha value is -1.64. The minimum absolute atomic E-state index is 0.206. The van der Waals surface area contributed by atoms with E-state index in [9.17, 15) is 5.11 Å². The van der Waals surface area contributed by atoms with Crippen LogP contribution in [-0.4, -0.2) is 22.7 Å². The molecule has 3 atom stereocenters. The second-order valence-corrected chi connectivity index (χ2v) is 6.12. The van der Waals surface area contributed by atoms with Gasteiger partial charge in [-0.15, -0.1) is 0 Å². The lowest BCUT2D eigenvalue weighted by molar-refractivity contribution is -0.00495. The van der Waals surface area contributed by atoms with Crippen LogP contribution >= 0.6 is 0 Å². The average molecular weight is 281 g/mol. The Morgan fingerprint density at radius 3 is 2.29 bits per heavy atom. The van der Waals surface area contributed by atoms with Gasteiger partial charge in [0.1, 0.15) is 0 Å². The summed E-state index contributed by atoms with van der Waals surface area (Å²) in [6, 6.07) is 21.5. The van der Waals surface area contributed by atoms with Gasteiger partial charge in [-0.1, -0.05) is 67.6 Å². The first-order valence-corrected chi connectivity index (χ1v) is 7.75. The molecular weight excluding hydrogens is 258 g/mol. The number of piperidine rings is 1. The fourth-order valence-electron chi connectivity index (χ4n) is 3.24. The normalized spacial score (nSPS) is 26.7. The molecule has 110 valence electrons. The minimum atomic E-state index is -0.206. The second-order valence-electron chi connectivity index (χ2n) is 6.12. The largest absolute Gasteiger partial charge is 0.393 e. The van der Waals surface area contributed by atoms with Crippen LogP contribution in [0.2, 0.25) is 0 Å². The summed E-state index contributed by atoms with van der Waals surface area (Å²) < 4.78 is 0. The quantitative estimate of drug-likeness (QED) is 0.928. The van der Waals surface area contributed by atoms with Crippen LogP contribution in [0, 0.1) is 5.92 Å². The number of hydrogen-bond acceptors (Lipinski definition) is 2. The fraction of sp³-hybridized carbons (Fsp3) is 0.368. The zero-order chi connectivity index (χ0) is 14.7. The van der Waals surface area contributed by atoms with Crippen molar-refractivity contribution in [2.45, 2.75) is 32.0 Å². The average Bonchev–Trinajstić information content (AvgIpc) is 2.52. The summed E-state index contributed by atoms with van der Waals surface area (Å²) >= 11 is 0. The standard InChI is InChI=1S/C19H23NO/c1-15-13-20(14-16-8-4-2-5-9-16)18(12-19(15)21)17-10-6-3-7-11-17/h2-11,15,18-19,21H,12-14H2,1H3/t15-,18-,19?/m0/s1. The summed E-state index contributed by atoms with van der Waals surface area (Å²) in [7, 11) is 0. The molecule has 3 rings (SSSR count).